The number of hydrogen-bond acceptors (Lipinski definition) is 4. The maximum atomic E-state index is 12.7. The zero-order chi connectivity index (χ0) is 18.0. The maximum absolute atomic E-state index is 12.7. The van der Waals surface area contributed by atoms with Crippen LogP contribution in [0.15, 0.2) is 29.4 Å². The lowest BCUT2D eigenvalue weighted by atomic mass is 9.89. The molecule has 0 spiro atoms. The van der Waals surface area contributed by atoms with Gasteiger partial charge in [0.15, 0.2) is 0 Å². The third-order valence-corrected chi connectivity index (χ3v) is 4.77. The van der Waals surface area contributed by atoms with Crippen LogP contribution in [0.4, 0.5) is 0 Å². The molecule has 2 aliphatic rings. The van der Waals surface area contributed by atoms with Crippen LogP contribution >= 0.6 is 0 Å². The van der Waals surface area contributed by atoms with E-state index in [1.54, 1.807) is 30.1 Å². The fourth-order valence-corrected chi connectivity index (χ4v) is 3.37. The maximum Gasteiger partial charge on any atom is 0.335 e. The molecule has 2 aliphatic heterocycles. The Morgan fingerprint density at radius 3 is 2.80 bits per heavy atom. The van der Waals surface area contributed by atoms with E-state index in [1.165, 1.54) is 5.01 Å². The fraction of sp³-hybridized carbons (Fsp3) is 0.444. The molecule has 1 atom stereocenters. The van der Waals surface area contributed by atoms with E-state index in [-0.39, 0.29) is 23.3 Å². The predicted octanol–water partition coefficient (Wildman–Crippen LogP) is 1.70. The Morgan fingerprint density at radius 1 is 1.28 bits per heavy atom. The Bertz CT molecular complexity index is 744. The Hall–Kier alpha value is -2.70. The molecule has 25 heavy (non-hydrogen) atoms. The highest BCUT2D eigenvalue weighted by molar-refractivity contribution is 6.39. The summed E-state index contributed by atoms with van der Waals surface area (Å²) in [7, 11) is 1.56. The topological polar surface area (TPSA) is 90.3 Å². The minimum absolute atomic E-state index is 0.0847. The molecule has 132 valence electrons. The second-order valence-electron chi connectivity index (χ2n) is 6.48. The quantitative estimate of drug-likeness (QED) is 0.904. The largest absolute Gasteiger partial charge is 0.478 e. The number of carbonyl (C=O) groups excluding carboxylic acids is 2. The molecule has 0 aliphatic carbocycles. The smallest absolute Gasteiger partial charge is 0.335 e. The zero-order valence-electron chi connectivity index (χ0n) is 14.1. The van der Waals surface area contributed by atoms with Gasteiger partial charge in [-0.15, -0.1) is 0 Å². The molecule has 0 radical (unpaired) electrons. The summed E-state index contributed by atoms with van der Waals surface area (Å²) in [4.78, 5) is 37.2. The number of piperidine rings is 1. The standard InChI is InChI=1S/C18H21N3O4/c1-20-16(22)8-7-15(19-20)17(23)21-9-3-6-14(11-21)12-4-2-5-13(10-12)18(24)25/h2,4-5,10,14H,3,6-9,11H2,1H3,(H,24,25)/t14-/m0/s1. The van der Waals surface area contributed by atoms with Gasteiger partial charge in [0.1, 0.15) is 5.71 Å². The summed E-state index contributed by atoms with van der Waals surface area (Å²) in [5.74, 6) is -1.05. The van der Waals surface area contributed by atoms with Crippen LogP contribution in [0.25, 0.3) is 0 Å². The van der Waals surface area contributed by atoms with Gasteiger partial charge in [-0.05, 0) is 30.5 Å². The van der Waals surface area contributed by atoms with Gasteiger partial charge in [0, 0.05) is 38.9 Å². The van der Waals surface area contributed by atoms with E-state index in [9.17, 15) is 14.4 Å². The molecule has 1 aromatic carbocycles. The van der Waals surface area contributed by atoms with Gasteiger partial charge >= 0.3 is 5.97 Å². The number of amides is 2. The highest BCUT2D eigenvalue weighted by Crippen LogP contribution is 2.28. The first-order valence-corrected chi connectivity index (χ1v) is 8.42. The van der Waals surface area contributed by atoms with Crippen molar-refractivity contribution in [3.63, 3.8) is 0 Å². The highest BCUT2D eigenvalue weighted by atomic mass is 16.4. The van der Waals surface area contributed by atoms with E-state index in [0.29, 0.717) is 31.6 Å². The molecule has 2 heterocycles. The van der Waals surface area contributed by atoms with Crippen molar-refractivity contribution in [3.8, 4) is 0 Å². The normalized spacial score (nSPS) is 21.1. The number of benzene rings is 1. The molecule has 0 aromatic heterocycles. The summed E-state index contributed by atoms with van der Waals surface area (Å²) in [6, 6.07) is 6.91. The van der Waals surface area contributed by atoms with Crippen molar-refractivity contribution in [1.29, 1.82) is 0 Å². The van der Waals surface area contributed by atoms with Gasteiger partial charge in [-0.3, -0.25) is 9.59 Å². The molecule has 2 amide bonds. The first-order chi connectivity index (χ1) is 12.0. The predicted molar refractivity (Wildman–Crippen MR) is 91.4 cm³/mol. The molecule has 1 aromatic rings. The number of carboxylic acid groups (broad SMARTS) is 1. The SMILES string of the molecule is CN1N=C(C(=O)N2CCC[C@H](c3cccc(C(=O)O)c3)C2)CCC1=O. The van der Waals surface area contributed by atoms with Crippen LogP contribution in [0, 0.1) is 0 Å². The lowest BCUT2D eigenvalue weighted by Gasteiger charge is -2.34. The van der Waals surface area contributed by atoms with E-state index in [4.69, 9.17) is 5.11 Å². The second kappa shape index (κ2) is 7.04. The van der Waals surface area contributed by atoms with Crippen molar-refractivity contribution in [2.75, 3.05) is 20.1 Å². The molecule has 7 heteroatoms. The summed E-state index contributed by atoms with van der Waals surface area (Å²) in [5, 5.41) is 14.5. The van der Waals surface area contributed by atoms with E-state index >= 15 is 0 Å². The first kappa shape index (κ1) is 17.1. The van der Waals surface area contributed by atoms with Crippen LogP contribution in [0.1, 0.15) is 47.5 Å². The third kappa shape index (κ3) is 3.70. The Morgan fingerprint density at radius 2 is 2.08 bits per heavy atom. The molecule has 0 bridgehead atoms. The summed E-state index contributed by atoms with van der Waals surface area (Å²) in [5.41, 5.74) is 1.62. The first-order valence-electron chi connectivity index (χ1n) is 8.42. The van der Waals surface area contributed by atoms with Gasteiger partial charge in [-0.1, -0.05) is 12.1 Å². The lowest BCUT2D eigenvalue weighted by Crippen LogP contribution is -2.44. The number of hydrogen-bond donors (Lipinski definition) is 1. The lowest BCUT2D eigenvalue weighted by molar-refractivity contribution is -0.130. The number of carbonyl (C=O) groups is 3. The average Bonchev–Trinajstić information content (AvgIpc) is 2.63. The van der Waals surface area contributed by atoms with Crippen LogP contribution in [0.5, 0.6) is 0 Å². The van der Waals surface area contributed by atoms with Crippen molar-refractivity contribution in [3.05, 3.63) is 35.4 Å². The molecule has 7 nitrogen and oxygen atoms in total. The van der Waals surface area contributed by atoms with Gasteiger partial charge < -0.3 is 10.0 Å². The van der Waals surface area contributed by atoms with Crippen LogP contribution in [-0.4, -0.2) is 58.6 Å². The van der Waals surface area contributed by atoms with Crippen LogP contribution < -0.4 is 0 Å². The van der Waals surface area contributed by atoms with Crippen molar-refractivity contribution >= 4 is 23.5 Å². The van der Waals surface area contributed by atoms with Crippen LogP contribution in [0.2, 0.25) is 0 Å². The Kier molecular flexibility index (Phi) is 4.83. The second-order valence-corrected chi connectivity index (χ2v) is 6.48. The van der Waals surface area contributed by atoms with E-state index < -0.39 is 5.97 Å². The summed E-state index contributed by atoms with van der Waals surface area (Å²) < 4.78 is 0. The number of rotatable bonds is 3. The van der Waals surface area contributed by atoms with E-state index in [1.807, 2.05) is 6.07 Å². The van der Waals surface area contributed by atoms with Gasteiger partial charge in [0.25, 0.3) is 5.91 Å². The molecule has 0 saturated carbocycles. The number of likely N-dealkylation sites (tertiary alicyclic amines) is 1. The number of carboxylic acids is 1. The molecule has 1 N–H and O–H groups in total. The molecular weight excluding hydrogens is 322 g/mol. The third-order valence-electron chi connectivity index (χ3n) is 4.77. The number of nitrogens with zero attached hydrogens (tertiary/aromatic N) is 3. The minimum atomic E-state index is -0.949. The minimum Gasteiger partial charge on any atom is -0.478 e. The molecular formula is C18H21N3O4. The van der Waals surface area contributed by atoms with Gasteiger partial charge in [-0.2, -0.15) is 5.10 Å². The molecule has 1 saturated heterocycles. The Labute approximate surface area is 145 Å². The van der Waals surface area contributed by atoms with E-state index in [0.717, 1.165) is 18.4 Å². The van der Waals surface area contributed by atoms with Crippen molar-refractivity contribution in [2.45, 2.75) is 31.6 Å². The molecule has 3 rings (SSSR count). The number of hydrazone groups is 1. The Balaban J connectivity index is 1.74. The van der Waals surface area contributed by atoms with Crippen molar-refractivity contribution in [1.82, 2.24) is 9.91 Å². The summed E-state index contributed by atoms with van der Waals surface area (Å²) >= 11 is 0. The summed E-state index contributed by atoms with van der Waals surface area (Å²) in [6.07, 6.45) is 2.45. The van der Waals surface area contributed by atoms with Gasteiger partial charge in [-0.25, -0.2) is 9.80 Å². The monoisotopic (exact) mass is 343 g/mol. The van der Waals surface area contributed by atoms with Gasteiger partial charge in [0.2, 0.25) is 5.91 Å². The van der Waals surface area contributed by atoms with Crippen molar-refractivity contribution < 1.29 is 19.5 Å². The zero-order valence-corrected chi connectivity index (χ0v) is 14.1. The summed E-state index contributed by atoms with van der Waals surface area (Å²) in [6.45, 7) is 1.20. The number of aromatic carboxylic acids is 1. The van der Waals surface area contributed by atoms with E-state index in [2.05, 4.69) is 5.10 Å². The molecule has 0 unspecified atom stereocenters. The van der Waals surface area contributed by atoms with Crippen LogP contribution in [-0.2, 0) is 9.59 Å². The fourth-order valence-electron chi connectivity index (χ4n) is 3.37. The van der Waals surface area contributed by atoms with Crippen LogP contribution in [0.3, 0.4) is 0 Å². The van der Waals surface area contributed by atoms with Gasteiger partial charge in [0.05, 0.1) is 5.56 Å². The average molecular weight is 343 g/mol. The van der Waals surface area contributed by atoms with Crippen molar-refractivity contribution in [2.24, 2.45) is 5.10 Å². The highest BCUT2D eigenvalue weighted by Gasteiger charge is 2.30. The molecule has 1 fully saturated rings.